The lowest BCUT2D eigenvalue weighted by Crippen LogP contribution is -2.23. The quantitative estimate of drug-likeness (QED) is 0.666. The molecular formula is C19H21ClN6O. The van der Waals surface area contributed by atoms with Crippen molar-refractivity contribution in [1.82, 2.24) is 20.2 Å². The highest BCUT2D eigenvalue weighted by Gasteiger charge is 2.11. The molecule has 0 unspecified atom stereocenters. The summed E-state index contributed by atoms with van der Waals surface area (Å²) in [5.41, 5.74) is 2.92. The van der Waals surface area contributed by atoms with E-state index >= 15 is 0 Å². The zero-order valence-electron chi connectivity index (χ0n) is 15.5. The van der Waals surface area contributed by atoms with E-state index in [4.69, 9.17) is 16.3 Å². The Morgan fingerprint density at radius 2 is 2.00 bits per heavy atom. The van der Waals surface area contributed by atoms with Crippen LogP contribution in [0.5, 0.6) is 5.75 Å². The number of anilines is 3. The van der Waals surface area contributed by atoms with Crippen molar-refractivity contribution in [3.05, 3.63) is 59.0 Å². The van der Waals surface area contributed by atoms with Crippen LogP contribution < -0.4 is 15.0 Å². The summed E-state index contributed by atoms with van der Waals surface area (Å²) >= 11 is 6.16. The Balaban J connectivity index is 1.73. The fourth-order valence-corrected chi connectivity index (χ4v) is 2.68. The maximum atomic E-state index is 6.16. The Labute approximate surface area is 163 Å². The first-order valence-electron chi connectivity index (χ1n) is 8.47. The SMILES string of the molecule is COc1cc(Cl)c(C)cc1Nc1cnnc(N(C)CCc2ccncc2)n1. The predicted octanol–water partition coefficient (Wildman–Crippen LogP) is 3.66. The lowest BCUT2D eigenvalue weighted by molar-refractivity contribution is 0.416. The number of hydrogen-bond donors (Lipinski definition) is 1. The topological polar surface area (TPSA) is 76.1 Å². The van der Waals surface area contributed by atoms with Crippen LogP contribution in [-0.4, -0.2) is 40.9 Å². The van der Waals surface area contributed by atoms with Gasteiger partial charge in [0.1, 0.15) is 5.75 Å². The molecule has 0 aliphatic carbocycles. The number of aromatic nitrogens is 4. The highest BCUT2D eigenvalue weighted by molar-refractivity contribution is 6.31. The van der Waals surface area contributed by atoms with E-state index in [1.165, 1.54) is 5.56 Å². The number of likely N-dealkylation sites (N-methyl/N-ethyl adjacent to an activating group) is 1. The van der Waals surface area contributed by atoms with Gasteiger partial charge in [0.2, 0.25) is 5.95 Å². The number of methoxy groups -OCH3 is 1. The third-order valence-corrected chi connectivity index (χ3v) is 4.53. The van der Waals surface area contributed by atoms with Crippen molar-refractivity contribution < 1.29 is 4.74 Å². The van der Waals surface area contributed by atoms with Crippen molar-refractivity contribution in [2.75, 3.05) is 30.9 Å². The molecule has 0 radical (unpaired) electrons. The minimum atomic E-state index is 0.540. The van der Waals surface area contributed by atoms with E-state index in [-0.39, 0.29) is 0 Å². The molecule has 0 atom stereocenters. The van der Waals surface area contributed by atoms with Gasteiger partial charge < -0.3 is 15.0 Å². The molecule has 1 aromatic carbocycles. The summed E-state index contributed by atoms with van der Waals surface area (Å²) in [5, 5.41) is 12.1. The third-order valence-electron chi connectivity index (χ3n) is 4.12. The van der Waals surface area contributed by atoms with Crippen LogP contribution in [0, 0.1) is 6.92 Å². The molecule has 1 N–H and O–H groups in total. The Morgan fingerprint density at radius 3 is 2.74 bits per heavy atom. The summed E-state index contributed by atoms with van der Waals surface area (Å²) in [6, 6.07) is 7.69. The molecule has 0 fully saturated rings. The van der Waals surface area contributed by atoms with Crippen molar-refractivity contribution in [3.63, 3.8) is 0 Å². The number of halogens is 1. The van der Waals surface area contributed by atoms with Crippen LogP contribution in [0.25, 0.3) is 0 Å². The number of aryl methyl sites for hydroxylation is 1. The average molecular weight is 385 g/mol. The second-order valence-electron chi connectivity index (χ2n) is 6.10. The zero-order chi connectivity index (χ0) is 19.2. The molecular weight excluding hydrogens is 364 g/mol. The maximum Gasteiger partial charge on any atom is 0.247 e. The standard InChI is InChI=1S/C19H21ClN6O/c1-13-10-16(17(27-3)11-15(13)20)23-18-12-22-25-19(24-18)26(2)9-6-14-4-7-21-8-5-14/h4-5,7-8,10-12H,6,9H2,1-3H3,(H,23,24,25). The molecule has 0 saturated carbocycles. The van der Waals surface area contributed by atoms with Gasteiger partial charge in [-0.2, -0.15) is 10.1 Å². The molecule has 8 heteroatoms. The largest absolute Gasteiger partial charge is 0.495 e. The number of nitrogens with zero attached hydrogens (tertiary/aromatic N) is 5. The van der Waals surface area contributed by atoms with Gasteiger partial charge in [0.15, 0.2) is 5.82 Å². The lowest BCUT2D eigenvalue weighted by atomic mass is 10.2. The summed E-state index contributed by atoms with van der Waals surface area (Å²) < 4.78 is 5.39. The number of hydrogen-bond acceptors (Lipinski definition) is 7. The van der Waals surface area contributed by atoms with Gasteiger partial charge in [0.25, 0.3) is 0 Å². The highest BCUT2D eigenvalue weighted by atomic mass is 35.5. The molecule has 0 saturated heterocycles. The molecule has 3 aromatic rings. The average Bonchev–Trinajstić information content (AvgIpc) is 2.69. The van der Waals surface area contributed by atoms with Gasteiger partial charge in [-0.25, -0.2) is 0 Å². The first-order valence-corrected chi connectivity index (χ1v) is 8.85. The monoisotopic (exact) mass is 384 g/mol. The number of ether oxygens (including phenoxy) is 1. The second-order valence-corrected chi connectivity index (χ2v) is 6.50. The minimum Gasteiger partial charge on any atom is -0.495 e. The van der Waals surface area contributed by atoms with Gasteiger partial charge in [-0.1, -0.05) is 11.6 Å². The lowest BCUT2D eigenvalue weighted by Gasteiger charge is -2.17. The Morgan fingerprint density at radius 1 is 1.22 bits per heavy atom. The van der Waals surface area contributed by atoms with Crippen LogP contribution in [0.3, 0.4) is 0 Å². The van der Waals surface area contributed by atoms with E-state index in [9.17, 15) is 0 Å². The fourth-order valence-electron chi connectivity index (χ4n) is 2.53. The van der Waals surface area contributed by atoms with E-state index in [1.807, 2.05) is 37.1 Å². The Kier molecular flexibility index (Phi) is 6.03. The molecule has 3 rings (SSSR count). The molecule has 0 bridgehead atoms. The van der Waals surface area contributed by atoms with E-state index in [0.717, 1.165) is 24.2 Å². The van der Waals surface area contributed by atoms with E-state index in [1.54, 1.807) is 31.8 Å². The molecule has 0 aliphatic heterocycles. The van der Waals surface area contributed by atoms with Crippen molar-refractivity contribution in [2.24, 2.45) is 0 Å². The van der Waals surface area contributed by atoms with Gasteiger partial charge in [0.05, 0.1) is 19.0 Å². The highest BCUT2D eigenvalue weighted by Crippen LogP contribution is 2.32. The minimum absolute atomic E-state index is 0.540. The van der Waals surface area contributed by atoms with Gasteiger partial charge in [-0.15, -0.1) is 5.10 Å². The molecule has 27 heavy (non-hydrogen) atoms. The Hall–Kier alpha value is -2.93. The molecule has 0 aliphatic rings. The van der Waals surface area contributed by atoms with E-state index in [2.05, 4.69) is 25.5 Å². The predicted molar refractivity (Wildman–Crippen MR) is 107 cm³/mol. The van der Waals surface area contributed by atoms with E-state index < -0.39 is 0 Å². The zero-order valence-corrected chi connectivity index (χ0v) is 16.2. The van der Waals surface area contributed by atoms with Gasteiger partial charge in [-0.05, 0) is 42.7 Å². The molecule has 0 spiro atoms. The van der Waals surface area contributed by atoms with E-state index in [0.29, 0.717) is 22.5 Å². The Bertz CT molecular complexity index is 906. The van der Waals surface area contributed by atoms with Crippen LogP contribution >= 0.6 is 11.6 Å². The molecule has 7 nitrogen and oxygen atoms in total. The van der Waals surface area contributed by atoms with Gasteiger partial charge in [-0.3, -0.25) is 4.98 Å². The smallest absolute Gasteiger partial charge is 0.247 e. The van der Waals surface area contributed by atoms with Crippen molar-refractivity contribution in [1.29, 1.82) is 0 Å². The first kappa shape index (κ1) is 18.8. The van der Waals surface area contributed by atoms with Crippen LogP contribution in [-0.2, 0) is 6.42 Å². The first-order chi connectivity index (χ1) is 13.1. The molecule has 140 valence electrons. The molecule has 0 amide bonds. The van der Waals surface area contributed by atoms with Gasteiger partial charge in [0, 0.05) is 37.1 Å². The van der Waals surface area contributed by atoms with Gasteiger partial charge >= 0.3 is 0 Å². The summed E-state index contributed by atoms with van der Waals surface area (Å²) in [6.45, 7) is 2.70. The molecule has 2 heterocycles. The normalized spacial score (nSPS) is 10.5. The van der Waals surface area contributed by atoms with Crippen molar-refractivity contribution in [2.45, 2.75) is 13.3 Å². The number of benzene rings is 1. The summed E-state index contributed by atoms with van der Waals surface area (Å²) in [6.07, 6.45) is 6.02. The van der Waals surface area contributed by atoms with Crippen LogP contribution in [0.4, 0.5) is 17.5 Å². The molecule has 2 aromatic heterocycles. The maximum absolute atomic E-state index is 6.16. The van der Waals surface area contributed by atoms with Crippen molar-refractivity contribution in [3.8, 4) is 5.75 Å². The number of rotatable bonds is 7. The fraction of sp³-hybridized carbons (Fsp3) is 0.263. The summed E-state index contributed by atoms with van der Waals surface area (Å²) in [7, 11) is 3.54. The second kappa shape index (κ2) is 8.64. The van der Waals surface area contributed by atoms with Crippen molar-refractivity contribution >= 4 is 29.1 Å². The van der Waals surface area contributed by atoms with Crippen LogP contribution in [0.1, 0.15) is 11.1 Å². The summed E-state index contributed by atoms with van der Waals surface area (Å²) in [4.78, 5) is 10.5. The number of nitrogens with one attached hydrogen (secondary N) is 1. The summed E-state index contributed by atoms with van der Waals surface area (Å²) in [5.74, 6) is 1.76. The third kappa shape index (κ3) is 4.83. The van der Waals surface area contributed by atoms with Crippen LogP contribution in [0.2, 0.25) is 5.02 Å². The van der Waals surface area contributed by atoms with Crippen LogP contribution in [0.15, 0.2) is 42.9 Å². The number of pyridine rings is 1.